The third-order valence-electron chi connectivity index (χ3n) is 3.42. The van der Waals surface area contributed by atoms with Crippen molar-refractivity contribution in [3.8, 4) is 0 Å². The predicted molar refractivity (Wildman–Crippen MR) is 99.0 cm³/mol. The quantitative estimate of drug-likeness (QED) is 0.355. The molecule has 8 heteroatoms. The van der Waals surface area contributed by atoms with Crippen LogP contribution >= 0.6 is 24.0 Å². The molecule has 1 aromatic carbocycles. The van der Waals surface area contributed by atoms with E-state index in [4.69, 9.17) is 0 Å². The Hall–Kier alpha value is -0.870. The summed E-state index contributed by atoms with van der Waals surface area (Å²) in [5, 5.41) is 6.46. The summed E-state index contributed by atoms with van der Waals surface area (Å²) in [5.41, 5.74) is 0.890. The summed E-state index contributed by atoms with van der Waals surface area (Å²) in [7, 11) is -0.269. The van der Waals surface area contributed by atoms with Crippen molar-refractivity contribution < 1.29 is 8.42 Å². The number of guanidine groups is 1. The Kier molecular flexibility index (Phi) is 7.57. The minimum Gasteiger partial charge on any atom is -0.356 e. The molecule has 0 amide bonds. The van der Waals surface area contributed by atoms with Gasteiger partial charge < -0.3 is 10.6 Å². The van der Waals surface area contributed by atoms with Gasteiger partial charge in [0.15, 0.2) is 5.96 Å². The lowest BCUT2D eigenvalue weighted by Crippen LogP contribution is -2.37. The molecule has 0 heterocycles. The van der Waals surface area contributed by atoms with E-state index in [1.807, 2.05) is 6.07 Å². The van der Waals surface area contributed by atoms with Gasteiger partial charge in [0.1, 0.15) is 0 Å². The normalized spacial score (nSPS) is 15.1. The highest BCUT2D eigenvalue weighted by molar-refractivity contribution is 14.0. The summed E-state index contributed by atoms with van der Waals surface area (Å²) in [4.78, 5) is 4.42. The molecule has 1 fully saturated rings. The van der Waals surface area contributed by atoms with E-state index < -0.39 is 10.0 Å². The Labute approximate surface area is 149 Å². The van der Waals surface area contributed by atoms with Crippen LogP contribution in [0.25, 0.3) is 0 Å². The lowest BCUT2D eigenvalue weighted by molar-refractivity contribution is 0.588. The van der Waals surface area contributed by atoms with Crippen LogP contribution in [0.4, 0.5) is 0 Å². The maximum atomic E-state index is 11.8. The summed E-state index contributed by atoms with van der Waals surface area (Å²) in [5.74, 6) is 1.51. The fourth-order valence-corrected chi connectivity index (χ4v) is 2.71. The molecule has 1 aliphatic rings. The largest absolute Gasteiger partial charge is 0.356 e. The van der Waals surface area contributed by atoms with Gasteiger partial charge in [-0.2, -0.15) is 0 Å². The van der Waals surface area contributed by atoms with Gasteiger partial charge >= 0.3 is 0 Å². The zero-order valence-corrected chi connectivity index (χ0v) is 15.9. The second-order valence-electron chi connectivity index (χ2n) is 5.11. The van der Waals surface area contributed by atoms with E-state index in [1.165, 1.54) is 19.9 Å². The van der Waals surface area contributed by atoms with Crippen molar-refractivity contribution in [2.75, 3.05) is 20.6 Å². The Bertz CT molecular complexity index is 615. The summed E-state index contributed by atoms with van der Waals surface area (Å²) in [6.07, 6.45) is 2.57. The number of nitrogens with zero attached hydrogens (tertiary/aromatic N) is 1. The van der Waals surface area contributed by atoms with Gasteiger partial charge in [0, 0.05) is 20.1 Å². The van der Waals surface area contributed by atoms with Crippen LogP contribution in [0.1, 0.15) is 18.4 Å². The van der Waals surface area contributed by atoms with Crippen molar-refractivity contribution in [3.05, 3.63) is 29.8 Å². The molecule has 0 atom stereocenters. The molecule has 1 aromatic rings. The van der Waals surface area contributed by atoms with Crippen LogP contribution < -0.4 is 15.4 Å². The molecule has 22 heavy (non-hydrogen) atoms. The highest BCUT2D eigenvalue weighted by atomic mass is 127. The van der Waals surface area contributed by atoms with Gasteiger partial charge in [-0.15, -0.1) is 24.0 Å². The van der Waals surface area contributed by atoms with Crippen LogP contribution in [-0.2, 0) is 16.6 Å². The molecule has 2 rings (SSSR count). The fourth-order valence-electron chi connectivity index (χ4n) is 1.91. The van der Waals surface area contributed by atoms with Crippen LogP contribution in [0.2, 0.25) is 0 Å². The van der Waals surface area contributed by atoms with Crippen LogP contribution in [0.15, 0.2) is 34.2 Å². The molecule has 6 nitrogen and oxygen atoms in total. The van der Waals surface area contributed by atoms with Crippen molar-refractivity contribution >= 4 is 40.0 Å². The molecule has 0 aliphatic heterocycles. The van der Waals surface area contributed by atoms with E-state index in [0.717, 1.165) is 24.0 Å². The van der Waals surface area contributed by atoms with Crippen LogP contribution in [-0.4, -0.2) is 35.0 Å². The highest BCUT2D eigenvalue weighted by Crippen LogP contribution is 2.27. The molecular formula is C14H23IN4O2S. The fraction of sp³-hybridized carbons (Fsp3) is 0.500. The highest BCUT2D eigenvalue weighted by Gasteiger charge is 2.21. The predicted octanol–water partition coefficient (Wildman–Crippen LogP) is 1.29. The average molecular weight is 438 g/mol. The van der Waals surface area contributed by atoms with Crippen LogP contribution in [0.3, 0.4) is 0 Å². The number of halogens is 1. The van der Waals surface area contributed by atoms with E-state index in [2.05, 4.69) is 20.3 Å². The summed E-state index contributed by atoms with van der Waals surface area (Å²) in [6.45, 7) is 1.46. The van der Waals surface area contributed by atoms with Crippen LogP contribution in [0, 0.1) is 5.92 Å². The number of rotatable bonds is 6. The summed E-state index contributed by atoms with van der Waals surface area (Å²) >= 11 is 0. The van der Waals surface area contributed by atoms with Gasteiger partial charge in [-0.3, -0.25) is 4.99 Å². The maximum Gasteiger partial charge on any atom is 0.240 e. The van der Waals surface area contributed by atoms with E-state index >= 15 is 0 Å². The first kappa shape index (κ1) is 19.2. The number of sulfonamides is 1. The molecule has 124 valence electrons. The lowest BCUT2D eigenvalue weighted by Gasteiger charge is -2.12. The van der Waals surface area contributed by atoms with Crippen molar-refractivity contribution in [1.29, 1.82) is 0 Å². The summed E-state index contributed by atoms with van der Waals surface area (Å²) < 4.78 is 25.8. The van der Waals surface area contributed by atoms with Gasteiger partial charge in [-0.1, -0.05) is 12.1 Å². The monoisotopic (exact) mass is 438 g/mol. The number of nitrogens with one attached hydrogen (secondary N) is 3. The first-order valence-corrected chi connectivity index (χ1v) is 8.50. The van der Waals surface area contributed by atoms with Gasteiger partial charge in [0.05, 0.1) is 4.90 Å². The van der Waals surface area contributed by atoms with Gasteiger partial charge in [-0.25, -0.2) is 13.1 Å². The van der Waals surface area contributed by atoms with Gasteiger partial charge in [0.2, 0.25) is 10.0 Å². The zero-order chi connectivity index (χ0) is 15.3. The van der Waals surface area contributed by atoms with Gasteiger partial charge in [-0.05, 0) is 43.5 Å². The molecule has 0 unspecified atom stereocenters. The number of aliphatic imine (C=N–C) groups is 1. The van der Waals surface area contributed by atoms with Gasteiger partial charge in [0.25, 0.3) is 0 Å². The Morgan fingerprint density at radius 3 is 2.64 bits per heavy atom. The Balaban J connectivity index is 0.00000242. The molecule has 1 aliphatic carbocycles. The van der Waals surface area contributed by atoms with Crippen LogP contribution in [0.5, 0.6) is 0 Å². The topological polar surface area (TPSA) is 82.6 Å². The third-order valence-corrected chi connectivity index (χ3v) is 4.83. The molecule has 0 spiro atoms. The number of hydrogen-bond acceptors (Lipinski definition) is 3. The van der Waals surface area contributed by atoms with E-state index in [1.54, 1.807) is 25.2 Å². The smallest absolute Gasteiger partial charge is 0.240 e. The second-order valence-corrected chi connectivity index (χ2v) is 6.99. The molecule has 0 saturated heterocycles. The molecule has 0 bridgehead atoms. The second kappa shape index (κ2) is 8.68. The standard InChI is InChI=1S/C14H22N4O2S.HI/c1-15-14(17-9-11-6-7-11)18-10-12-4-3-5-13(8-12)21(19,20)16-2;/h3-5,8,11,16H,6-7,9-10H2,1-2H3,(H2,15,17,18);1H. The first-order chi connectivity index (χ1) is 10.0. The molecule has 1 saturated carbocycles. The number of hydrogen-bond donors (Lipinski definition) is 3. The van der Waals surface area contributed by atoms with E-state index in [9.17, 15) is 8.42 Å². The van der Waals surface area contributed by atoms with E-state index in [-0.39, 0.29) is 28.9 Å². The average Bonchev–Trinajstić information content (AvgIpc) is 3.32. The first-order valence-electron chi connectivity index (χ1n) is 7.02. The molecule has 3 N–H and O–H groups in total. The molecule has 0 radical (unpaired) electrons. The van der Waals surface area contributed by atoms with Crippen molar-refractivity contribution in [1.82, 2.24) is 15.4 Å². The SMILES string of the molecule is CN=C(NCc1cccc(S(=O)(=O)NC)c1)NCC1CC1.I. The van der Waals surface area contributed by atoms with Crippen molar-refractivity contribution in [3.63, 3.8) is 0 Å². The minimum atomic E-state index is -3.40. The Morgan fingerprint density at radius 1 is 1.32 bits per heavy atom. The molecule has 0 aromatic heterocycles. The maximum absolute atomic E-state index is 11.8. The van der Waals surface area contributed by atoms with Crippen molar-refractivity contribution in [2.24, 2.45) is 10.9 Å². The number of benzene rings is 1. The molecular weight excluding hydrogens is 415 g/mol. The minimum absolute atomic E-state index is 0. The summed E-state index contributed by atoms with van der Waals surface area (Å²) in [6, 6.07) is 6.86. The lowest BCUT2D eigenvalue weighted by atomic mass is 10.2. The van der Waals surface area contributed by atoms with E-state index in [0.29, 0.717) is 6.54 Å². The van der Waals surface area contributed by atoms with Crippen molar-refractivity contribution in [2.45, 2.75) is 24.3 Å². The Morgan fingerprint density at radius 2 is 2.05 bits per heavy atom. The third kappa shape index (κ3) is 5.73. The zero-order valence-electron chi connectivity index (χ0n) is 12.8.